The zero-order chi connectivity index (χ0) is 21.5. The van der Waals surface area contributed by atoms with Crippen LogP contribution in [-0.2, 0) is 11.3 Å². The van der Waals surface area contributed by atoms with E-state index in [1.807, 2.05) is 18.8 Å². The molecule has 3 aliphatic rings. The number of guanidine groups is 1. The minimum absolute atomic E-state index is 0.207. The molecule has 0 bridgehead atoms. The normalized spacial score (nSPS) is 24.4. The van der Waals surface area contributed by atoms with Gasteiger partial charge in [0.2, 0.25) is 5.91 Å². The lowest BCUT2D eigenvalue weighted by atomic mass is 9.85. The lowest BCUT2D eigenvalue weighted by Crippen LogP contribution is -2.47. The molecule has 1 amide bonds. The van der Waals surface area contributed by atoms with Crippen LogP contribution in [0.2, 0.25) is 0 Å². The molecule has 1 saturated heterocycles. The lowest BCUT2D eigenvalue weighted by molar-refractivity contribution is -0.136. The highest BCUT2D eigenvalue weighted by Gasteiger charge is 2.30. The molecule has 2 fully saturated rings. The van der Waals surface area contributed by atoms with Gasteiger partial charge in [-0.15, -0.1) is 0 Å². The van der Waals surface area contributed by atoms with Gasteiger partial charge in [-0.1, -0.05) is 24.3 Å². The smallest absolute Gasteiger partial charge is 0.225 e. The number of carbonyl (C=O) groups excluding carboxylic acids is 1. The maximum atomic E-state index is 12.8. The van der Waals surface area contributed by atoms with Gasteiger partial charge < -0.3 is 20.4 Å². The summed E-state index contributed by atoms with van der Waals surface area (Å²) in [6.07, 6.45) is 8.43. The summed E-state index contributed by atoms with van der Waals surface area (Å²) < 4.78 is 0. The first-order valence-corrected chi connectivity index (χ1v) is 12.7. The van der Waals surface area contributed by atoms with Gasteiger partial charge in [-0.2, -0.15) is 11.8 Å². The quantitative estimate of drug-likeness (QED) is 0.418. The van der Waals surface area contributed by atoms with E-state index in [0.717, 1.165) is 75.9 Å². The molecule has 1 aromatic rings. The number of anilines is 1. The molecule has 2 heterocycles. The Morgan fingerprint density at radius 3 is 2.58 bits per heavy atom. The van der Waals surface area contributed by atoms with Gasteiger partial charge in [-0.25, -0.2) is 0 Å². The second kappa shape index (κ2) is 10.9. The van der Waals surface area contributed by atoms with E-state index in [1.54, 1.807) is 0 Å². The van der Waals surface area contributed by atoms with E-state index >= 15 is 0 Å². The fraction of sp³-hybridized carbons (Fsp3) is 0.583. The van der Waals surface area contributed by atoms with Crippen molar-refractivity contribution >= 4 is 29.3 Å². The van der Waals surface area contributed by atoms with E-state index in [0.29, 0.717) is 11.9 Å². The van der Waals surface area contributed by atoms with Crippen LogP contribution in [0.15, 0.2) is 41.4 Å². The number of amides is 1. The third kappa shape index (κ3) is 5.97. The Morgan fingerprint density at radius 1 is 1.13 bits per heavy atom. The van der Waals surface area contributed by atoms with Crippen molar-refractivity contribution < 1.29 is 4.79 Å². The molecule has 0 radical (unpaired) electrons. The van der Waals surface area contributed by atoms with Crippen molar-refractivity contribution in [1.82, 2.24) is 15.5 Å². The van der Waals surface area contributed by atoms with Crippen molar-refractivity contribution in [2.24, 2.45) is 10.9 Å². The standard InChI is InChI=1S/C24H35N5OS/c1-25-24(26-18-19-5-4-6-22(17-19)28-11-2-3-12-28)27-21-9-7-20(8-10-21)23(30)29-13-15-31-16-14-29/h2-6,17,20-21H,7-16,18H2,1H3,(H2,25,26,27). The first kappa shape index (κ1) is 22.1. The van der Waals surface area contributed by atoms with Crippen LogP contribution < -0.4 is 15.5 Å². The highest BCUT2D eigenvalue weighted by molar-refractivity contribution is 7.99. The summed E-state index contributed by atoms with van der Waals surface area (Å²) in [7, 11) is 1.82. The number of hydrogen-bond donors (Lipinski definition) is 2. The maximum absolute atomic E-state index is 12.8. The number of rotatable bonds is 5. The van der Waals surface area contributed by atoms with E-state index in [2.05, 4.69) is 61.8 Å². The van der Waals surface area contributed by atoms with Gasteiger partial charge in [0.1, 0.15) is 0 Å². The summed E-state index contributed by atoms with van der Waals surface area (Å²) >= 11 is 1.95. The molecular weight excluding hydrogens is 406 g/mol. The zero-order valence-electron chi connectivity index (χ0n) is 18.6. The summed E-state index contributed by atoms with van der Waals surface area (Å²) in [5, 5.41) is 7.04. The number of hydrogen-bond acceptors (Lipinski definition) is 4. The Balaban J connectivity index is 1.22. The second-order valence-electron chi connectivity index (χ2n) is 8.60. The summed E-state index contributed by atoms with van der Waals surface area (Å²) in [5.74, 6) is 3.61. The average molecular weight is 442 g/mol. The summed E-state index contributed by atoms with van der Waals surface area (Å²) in [6, 6.07) is 9.09. The molecule has 4 rings (SSSR count). The molecule has 1 aromatic carbocycles. The Labute approximate surface area is 190 Å². The van der Waals surface area contributed by atoms with Gasteiger partial charge in [-0.3, -0.25) is 9.79 Å². The number of nitrogens with zero attached hydrogens (tertiary/aromatic N) is 3. The molecule has 2 N–H and O–H groups in total. The minimum Gasteiger partial charge on any atom is -0.364 e. The molecule has 168 valence electrons. The van der Waals surface area contributed by atoms with Crippen molar-refractivity contribution in [2.75, 3.05) is 49.6 Å². The molecular formula is C24H35N5OS. The molecule has 7 heteroatoms. The number of nitrogens with one attached hydrogen (secondary N) is 2. The fourth-order valence-electron chi connectivity index (χ4n) is 4.65. The molecule has 1 aliphatic carbocycles. The van der Waals surface area contributed by atoms with Crippen molar-refractivity contribution in [1.29, 1.82) is 0 Å². The molecule has 1 saturated carbocycles. The Morgan fingerprint density at radius 2 is 1.87 bits per heavy atom. The van der Waals surface area contributed by atoms with Crippen LogP contribution in [0.3, 0.4) is 0 Å². The van der Waals surface area contributed by atoms with Crippen LogP contribution in [0, 0.1) is 5.92 Å². The van der Waals surface area contributed by atoms with Gasteiger partial charge >= 0.3 is 0 Å². The monoisotopic (exact) mass is 441 g/mol. The molecule has 0 atom stereocenters. The van der Waals surface area contributed by atoms with Crippen LogP contribution in [0.4, 0.5) is 5.69 Å². The number of benzene rings is 1. The van der Waals surface area contributed by atoms with E-state index in [4.69, 9.17) is 0 Å². The van der Waals surface area contributed by atoms with Gasteiger partial charge in [0.15, 0.2) is 5.96 Å². The molecule has 2 aliphatic heterocycles. The number of thioether (sulfide) groups is 1. The topological polar surface area (TPSA) is 60.0 Å². The van der Waals surface area contributed by atoms with E-state index in [9.17, 15) is 4.79 Å². The first-order chi connectivity index (χ1) is 15.2. The average Bonchev–Trinajstić information content (AvgIpc) is 3.38. The van der Waals surface area contributed by atoms with Crippen molar-refractivity contribution in [2.45, 2.75) is 38.3 Å². The fourth-order valence-corrected chi connectivity index (χ4v) is 5.56. The largest absolute Gasteiger partial charge is 0.364 e. The van der Waals surface area contributed by atoms with Gasteiger partial charge in [-0.05, 0) is 43.4 Å². The van der Waals surface area contributed by atoms with Crippen molar-refractivity contribution in [3.05, 3.63) is 42.0 Å². The molecule has 6 nitrogen and oxygen atoms in total. The molecule has 0 aromatic heterocycles. The highest BCUT2D eigenvalue weighted by Crippen LogP contribution is 2.27. The Hall–Kier alpha value is -2.15. The SMILES string of the molecule is CN=C(NCc1cccc(N2CC=CC2)c1)NC1CCC(C(=O)N2CCSCC2)CC1. The van der Waals surface area contributed by atoms with Crippen LogP contribution in [0.25, 0.3) is 0 Å². The van der Waals surface area contributed by atoms with Crippen LogP contribution in [0.1, 0.15) is 31.2 Å². The summed E-state index contributed by atoms with van der Waals surface area (Å²) in [5.41, 5.74) is 2.52. The summed E-state index contributed by atoms with van der Waals surface area (Å²) in [6.45, 7) is 4.57. The van der Waals surface area contributed by atoms with Crippen LogP contribution in [0.5, 0.6) is 0 Å². The van der Waals surface area contributed by atoms with Crippen LogP contribution >= 0.6 is 11.8 Å². The van der Waals surface area contributed by atoms with Crippen molar-refractivity contribution in [3.63, 3.8) is 0 Å². The highest BCUT2D eigenvalue weighted by atomic mass is 32.2. The lowest BCUT2D eigenvalue weighted by Gasteiger charge is -2.34. The predicted octanol–water partition coefficient (Wildman–Crippen LogP) is 2.86. The van der Waals surface area contributed by atoms with E-state index in [-0.39, 0.29) is 5.92 Å². The minimum atomic E-state index is 0.207. The molecule has 0 unspecified atom stereocenters. The molecule has 0 spiro atoms. The number of aliphatic imine (C=N–C) groups is 1. The maximum Gasteiger partial charge on any atom is 0.225 e. The Bertz CT molecular complexity index is 789. The second-order valence-corrected chi connectivity index (χ2v) is 9.83. The van der Waals surface area contributed by atoms with Gasteiger partial charge in [0.05, 0.1) is 0 Å². The first-order valence-electron chi connectivity index (χ1n) is 11.6. The zero-order valence-corrected chi connectivity index (χ0v) is 19.4. The van der Waals surface area contributed by atoms with Gasteiger partial charge in [0, 0.05) is 68.9 Å². The van der Waals surface area contributed by atoms with Crippen molar-refractivity contribution in [3.8, 4) is 0 Å². The van der Waals surface area contributed by atoms with E-state index in [1.165, 1.54) is 11.3 Å². The van der Waals surface area contributed by atoms with Crippen LogP contribution in [-0.4, -0.2) is 67.5 Å². The third-order valence-electron chi connectivity index (χ3n) is 6.52. The predicted molar refractivity (Wildman–Crippen MR) is 131 cm³/mol. The summed E-state index contributed by atoms with van der Waals surface area (Å²) in [4.78, 5) is 21.6. The van der Waals surface area contributed by atoms with E-state index < -0.39 is 0 Å². The molecule has 31 heavy (non-hydrogen) atoms. The van der Waals surface area contributed by atoms with Gasteiger partial charge in [0.25, 0.3) is 0 Å². The number of carbonyl (C=O) groups is 1. The Kier molecular flexibility index (Phi) is 7.78. The third-order valence-corrected chi connectivity index (χ3v) is 7.46.